The van der Waals surface area contributed by atoms with Gasteiger partial charge in [-0.3, -0.25) is 10.5 Å². The molecule has 0 radical (unpaired) electrons. The van der Waals surface area contributed by atoms with E-state index in [1.165, 1.54) is 5.56 Å². The van der Waals surface area contributed by atoms with Gasteiger partial charge >= 0.3 is 0 Å². The van der Waals surface area contributed by atoms with E-state index in [1.54, 1.807) is 22.2 Å². The average molecular weight is 302 g/mol. The first kappa shape index (κ1) is 11.7. The highest BCUT2D eigenvalue weighted by atomic mass is 79.9. The Kier molecular flexibility index (Phi) is 3.38. The van der Waals surface area contributed by atoms with E-state index in [-0.39, 0.29) is 6.04 Å². The fourth-order valence-corrected chi connectivity index (χ4v) is 3.14. The summed E-state index contributed by atoms with van der Waals surface area (Å²) in [6.07, 6.45) is 1.72. The summed E-state index contributed by atoms with van der Waals surface area (Å²) in [5.41, 5.74) is 4.94. The van der Waals surface area contributed by atoms with E-state index in [4.69, 9.17) is 5.84 Å². The summed E-state index contributed by atoms with van der Waals surface area (Å²) in [5, 5.41) is 7.76. The highest BCUT2D eigenvalue weighted by Crippen LogP contribution is 2.33. The molecule has 0 bridgehead atoms. The number of nitrogens with two attached hydrogens (primary N) is 1. The lowest BCUT2D eigenvalue weighted by atomic mass is 10.2. The molecule has 5 nitrogen and oxygen atoms in total. The number of aromatic nitrogens is 3. The predicted octanol–water partition coefficient (Wildman–Crippen LogP) is 1.50. The van der Waals surface area contributed by atoms with Crippen molar-refractivity contribution in [3.8, 4) is 0 Å². The van der Waals surface area contributed by atoms with Crippen molar-refractivity contribution >= 4 is 27.3 Å². The second kappa shape index (κ2) is 4.62. The molecular weight excluding hydrogens is 290 g/mol. The first-order chi connectivity index (χ1) is 7.63. The van der Waals surface area contributed by atoms with Crippen LogP contribution in [0.3, 0.4) is 0 Å². The van der Waals surface area contributed by atoms with Crippen molar-refractivity contribution in [2.24, 2.45) is 12.9 Å². The lowest BCUT2D eigenvalue weighted by molar-refractivity contribution is 0.576. The molecule has 0 saturated carbocycles. The Morgan fingerprint density at radius 1 is 1.62 bits per heavy atom. The van der Waals surface area contributed by atoms with Gasteiger partial charge in [0, 0.05) is 11.9 Å². The molecule has 3 N–H and O–H groups in total. The van der Waals surface area contributed by atoms with Gasteiger partial charge in [-0.25, -0.2) is 5.43 Å². The maximum atomic E-state index is 5.60. The highest BCUT2D eigenvalue weighted by Gasteiger charge is 2.19. The van der Waals surface area contributed by atoms with Gasteiger partial charge in [0.25, 0.3) is 0 Å². The number of hydrazine groups is 1. The van der Waals surface area contributed by atoms with Crippen LogP contribution in [0.2, 0.25) is 0 Å². The van der Waals surface area contributed by atoms with E-state index in [9.17, 15) is 0 Å². The van der Waals surface area contributed by atoms with E-state index in [2.05, 4.69) is 44.7 Å². The number of thiophene rings is 1. The molecule has 0 aromatic carbocycles. The molecule has 7 heteroatoms. The maximum Gasteiger partial charge on any atom is 0.0986 e. The van der Waals surface area contributed by atoms with Crippen molar-refractivity contribution in [2.75, 3.05) is 0 Å². The topological polar surface area (TPSA) is 68.8 Å². The van der Waals surface area contributed by atoms with Crippen molar-refractivity contribution in [3.05, 3.63) is 32.2 Å². The molecular formula is C9H12BrN5S. The zero-order valence-corrected chi connectivity index (χ0v) is 11.3. The third-order valence-corrected chi connectivity index (χ3v) is 4.57. The van der Waals surface area contributed by atoms with Crippen LogP contribution in [0.1, 0.15) is 22.2 Å². The molecule has 0 aliphatic carbocycles. The SMILES string of the molecule is Cc1cc(C(NN)c2cnnn2C)sc1Br. The van der Waals surface area contributed by atoms with Gasteiger partial charge in [0.05, 0.1) is 21.7 Å². The summed E-state index contributed by atoms with van der Waals surface area (Å²) in [7, 11) is 1.85. The molecule has 86 valence electrons. The van der Waals surface area contributed by atoms with Crippen molar-refractivity contribution in [1.82, 2.24) is 20.4 Å². The van der Waals surface area contributed by atoms with Gasteiger partial charge in [-0.15, -0.1) is 16.4 Å². The van der Waals surface area contributed by atoms with E-state index in [0.29, 0.717) is 0 Å². The standard InChI is InChI=1S/C9H12BrN5S/c1-5-3-7(16-9(5)10)8(13-11)6-4-12-14-15(6)2/h3-4,8,13H,11H2,1-2H3. The largest absolute Gasteiger partial charge is 0.270 e. The molecule has 0 fully saturated rings. The molecule has 1 atom stereocenters. The normalized spacial score (nSPS) is 13.0. The number of rotatable bonds is 3. The number of aryl methyl sites for hydroxylation is 2. The molecule has 0 saturated heterocycles. The third-order valence-electron chi connectivity index (χ3n) is 2.37. The fourth-order valence-electron chi connectivity index (χ4n) is 1.50. The van der Waals surface area contributed by atoms with Crippen LogP contribution in [0.5, 0.6) is 0 Å². The summed E-state index contributed by atoms with van der Waals surface area (Å²) in [4.78, 5) is 1.14. The Hall–Kier alpha value is -0.760. The van der Waals surface area contributed by atoms with Gasteiger partial charge in [0.15, 0.2) is 0 Å². The molecule has 2 rings (SSSR count). The van der Waals surface area contributed by atoms with E-state index < -0.39 is 0 Å². The van der Waals surface area contributed by atoms with Gasteiger partial charge in [0.2, 0.25) is 0 Å². The smallest absolute Gasteiger partial charge is 0.0986 e. The van der Waals surface area contributed by atoms with Crippen LogP contribution in [0.25, 0.3) is 0 Å². The second-order valence-electron chi connectivity index (χ2n) is 3.49. The van der Waals surface area contributed by atoms with Crippen LogP contribution < -0.4 is 11.3 Å². The van der Waals surface area contributed by atoms with Crippen LogP contribution in [0, 0.1) is 6.92 Å². The van der Waals surface area contributed by atoms with Crippen LogP contribution >= 0.6 is 27.3 Å². The Morgan fingerprint density at radius 3 is 2.81 bits per heavy atom. The second-order valence-corrected chi connectivity index (χ2v) is 5.89. The van der Waals surface area contributed by atoms with Crippen LogP contribution in [0.4, 0.5) is 0 Å². The first-order valence-electron chi connectivity index (χ1n) is 4.70. The quantitative estimate of drug-likeness (QED) is 0.666. The Morgan fingerprint density at radius 2 is 2.38 bits per heavy atom. The number of nitrogens with one attached hydrogen (secondary N) is 1. The summed E-state index contributed by atoms with van der Waals surface area (Å²) in [6.45, 7) is 2.05. The Labute approximate surface area is 106 Å². The third kappa shape index (κ3) is 2.03. The molecule has 2 heterocycles. The van der Waals surface area contributed by atoms with E-state index in [1.807, 2.05) is 7.05 Å². The number of nitrogens with zero attached hydrogens (tertiary/aromatic N) is 3. The minimum atomic E-state index is -0.0741. The lowest BCUT2D eigenvalue weighted by Gasteiger charge is -2.13. The van der Waals surface area contributed by atoms with Crippen molar-refractivity contribution in [2.45, 2.75) is 13.0 Å². The fraction of sp³-hybridized carbons (Fsp3) is 0.333. The zero-order chi connectivity index (χ0) is 11.7. The molecule has 0 spiro atoms. The summed E-state index contributed by atoms with van der Waals surface area (Å²) in [5.74, 6) is 5.60. The maximum absolute atomic E-state index is 5.60. The van der Waals surface area contributed by atoms with Gasteiger partial charge < -0.3 is 0 Å². The Bertz CT molecular complexity index is 472. The molecule has 16 heavy (non-hydrogen) atoms. The van der Waals surface area contributed by atoms with Crippen LogP contribution in [0.15, 0.2) is 16.0 Å². The van der Waals surface area contributed by atoms with Crippen LogP contribution in [-0.4, -0.2) is 15.0 Å². The summed E-state index contributed by atoms with van der Waals surface area (Å²) < 4.78 is 2.84. The minimum Gasteiger partial charge on any atom is -0.270 e. The molecule has 2 aromatic heterocycles. The average Bonchev–Trinajstić information content (AvgIpc) is 2.78. The summed E-state index contributed by atoms with van der Waals surface area (Å²) >= 11 is 5.17. The van der Waals surface area contributed by atoms with E-state index in [0.717, 1.165) is 14.4 Å². The number of halogens is 1. The zero-order valence-electron chi connectivity index (χ0n) is 8.94. The van der Waals surface area contributed by atoms with Crippen LogP contribution in [-0.2, 0) is 7.05 Å². The van der Waals surface area contributed by atoms with Crippen molar-refractivity contribution in [1.29, 1.82) is 0 Å². The molecule has 0 aliphatic rings. The summed E-state index contributed by atoms with van der Waals surface area (Å²) in [6, 6.07) is 2.03. The molecule has 0 amide bonds. The molecule has 2 aromatic rings. The number of hydrogen-bond acceptors (Lipinski definition) is 5. The molecule has 0 aliphatic heterocycles. The highest BCUT2D eigenvalue weighted by molar-refractivity contribution is 9.11. The monoisotopic (exact) mass is 301 g/mol. The van der Waals surface area contributed by atoms with Gasteiger partial charge in [-0.05, 0) is 34.5 Å². The minimum absolute atomic E-state index is 0.0741. The lowest BCUT2D eigenvalue weighted by Crippen LogP contribution is -2.29. The van der Waals surface area contributed by atoms with Gasteiger partial charge in [-0.1, -0.05) is 5.21 Å². The van der Waals surface area contributed by atoms with Gasteiger partial charge in [0.1, 0.15) is 0 Å². The number of hydrogen-bond donors (Lipinski definition) is 2. The van der Waals surface area contributed by atoms with Crippen molar-refractivity contribution in [3.63, 3.8) is 0 Å². The van der Waals surface area contributed by atoms with Crippen molar-refractivity contribution < 1.29 is 0 Å². The van der Waals surface area contributed by atoms with Gasteiger partial charge in [-0.2, -0.15) is 0 Å². The van der Waals surface area contributed by atoms with E-state index >= 15 is 0 Å². The Balaban J connectivity index is 2.40. The predicted molar refractivity (Wildman–Crippen MR) is 66.9 cm³/mol. The molecule has 1 unspecified atom stereocenters. The first-order valence-corrected chi connectivity index (χ1v) is 6.31.